The fourth-order valence-electron chi connectivity index (χ4n) is 3.00. The zero-order chi connectivity index (χ0) is 19.3. The zero-order valence-electron chi connectivity index (χ0n) is 15.0. The number of anilines is 1. The van der Waals surface area contributed by atoms with E-state index in [2.05, 4.69) is 25.8 Å². The third-order valence-electron chi connectivity index (χ3n) is 4.46. The zero-order valence-corrected chi connectivity index (χ0v) is 15.0. The van der Waals surface area contributed by atoms with Crippen LogP contribution in [0.1, 0.15) is 26.4 Å². The molecule has 4 rings (SSSR count). The van der Waals surface area contributed by atoms with Crippen molar-refractivity contribution in [3.8, 4) is 0 Å². The van der Waals surface area contributed by atoms with Gasteiger partial charge < -0.3 is 15.6 Å². The van der Waals surface area contributed by atoms with Gasteiger partial charge in [-0.25, -0.2) is 0 Å². The van der Waals surface area contributed by atoms with E-state index in [-0.39, 0.29) is 17.5 Å². The Morgan fingerprint density at radius 1 is 1.00 bits per heavy atom. The molecule has 0 fully saturated rings. The normalized spacial score (nSPS) is 10.7. The highest BCUT2D eigenvalue weighted by molar-refractivity contribution is 6.09. The molecule has 0 aliphatic heterocycles. The monoisotopic (exact) mass is 373 g/mol. The molecule has 0 saturated carbocycles. The first-order valence-corrected chi connectivity index (χ1v) is 8.95. The molecular formula is C21H19N5O2. The van der Waals surface area contributed by atoms with Crippen LogP contribution < -0.4 is 10.6 Å². The van der Waals surface area contributed by atoms with Crippen molar-refractivity contribution in [1.29, 1.82) is 0 Å². The van der Waals surface area contributed by atoms with Gasteiger partial charge in [0, 0.05) is 35.4 Å². The number of hydrogen-bond donors (Lipinski definition) is 4. The highest BCUT2D eigenvalue weighted by atomic mass is 16.2. The van der Waals surface area contributed by atoms with Crippen LogP contribution in [0.4, 0.5) is 5.69 Å². The largest absolute Gasteiger partial charge is 0.361 e. The quantitative estimate of drug-likeness (QED) is 0.417. The van der Waals surface area contributed by atoms with Crippen LogP contribution in [0.25, 0.3) is 10.9 Å². The molecule has 0 radical (unpaired) electrons. The number of nitrogens with zero attached hydrogens (tertiary/aromatic N) is 1. The fourth-order valence-corrected chi connectivity index (χ4v) is 3.00. The van der Waals surface area contributed by atoms with Crippen molar-refractivity contribution in [3.63, 3.8) is 0 Å². The minimum absolute atomic E-state index is 0.157. The van der Waals surface area contributed by atoms with E-state index in [0.29, 0.717) is 17.8 Å². The number of benzene rings is 2. The second-order valence-corrected chi connectivity index (χ2v) is 6.37. The van der Waals surface area contributed by atoms with Gasteiger partial charge in [0.2, 0.25) is 0 Å². The van der Waals surface area contributed by atoms with E-state index in [1.165, 1.54) is 6.20 Å². The summed E-state index contributed by atoms with van der Waals surface area (Å²) in [6.07, 6.45) is 4.04. The number of carbonyl (C=O) groups is 2. The lowest BCUT2D eigenvalue weighted by Crippen LogP contribution is -2.27. The van der Waals surface area contributed by atoms with Gasteiger partial charge in [0.25, 0.3) is 11.8 Å². The van der Waals surface area contributed by atoms with E-state index >= 15 is 0 Å². The molecule has 0 aliphatic carbocycles. The number of aromatic nitrogens is 3. The van der Waals surface area contributed by atoms with Crippen LogP contribution in [0.15, 0.2) is 67.0 Å². The SMILES string of the molecule is O=C(Nc1c[nH]nc1C(=O)NCCc1ccccc1)c1ccc2[nH]ccc2c1. The molecule has 4 aromatic rings. The van der Waals surface area contributed by atoms with Crippen LogP contribution in [-0.2, 0) is 6.42 Å². The van der Waals surface area contributed by atoms with Gasteiger partial charge in [-0.1, -0.05) is 30.3 Å². The first-order chi connectivity index (χ1) is 13.7. The number of amides is 2. The number of nitrogens with one attached hydrogen (secondary N) is 4. The summed E-state index contributed by atoms with van der Waals surface area (Å²) in [7, 11) is 0. The molecule has 0 bridgehead atoms. The maximum absolute atomic E-state index is 12.6. The van der Waals surface area contributed by atoms with Gasteiger partial charge in [-0.05, 0) is 36.2 Å². The van der Waals surface area contributed by atoms with E-state index in [1.54, 1.807) is 12.1 Å². The van der Waals surface area contributed by atoms with Crippen molar-refractivity contribution < 1.29 is 9.59 Å². The lowest BCUT2D eigenvalue weighted by Gasteiger charge is -2.07. The first kappa shape index (κ1) is 17.5. The average Bonchev–Trinajstić information content (AvgIpc) is 3.37. The molecule has 140 valence electrons. The molecule has 2 aromatic heterocycles. The minimum Gasteiger partial charge on any atom is -0.361 e. The van der Waals surface area contributed by atoms with Gasteiger partial charge in [-0.15, -0.1) is 0 Å². The molecule has 2 amide bonds. The second-order valence-electron chi connectivity index (χ2n) is 6.37. The summed E-state index contributed by atoms with van der Waals surface area (Å²) < 4.78 is 0. The van der Waals surface area contributed by atoms with Crippen LogP contribution in [0, 0.1) is 0 Å². The van der Waals surface area contributed by atoms with E-state index in [9.17, 15) is 9.59 Å². The molecule has 7 heteroatoms. The van der Waals surface area contributed by atoms with Crippen molar-refractivity contribution in [3.05, 3.63) is 83.8 Å². The fraction of sp³-hybridized carbons (Fsp3) is 0.0952. The predicted octanol–water partition coefficient (Wildman–Crippen LogP) is 3.12. The number of hydrogen-bond acceptors (Lipinski definition) is 3. The van der Waals surface area contributed by atoms with Gasteiger partial charge in [-0.3, -0.25) is 14.7 Å². The summed E-state index contributed by atoms with van der Waals surface area (Å²) in [5.41, 5.74) is 3.10. The third-order valence-corrected chi connectivity index (χ3v) is 4.46. The molecular weight excluding hydrogens is 354 g/mol. The Hall–Kier alpha value is -3.87. The summed E-state index contributed by atoms with van der Waals surface area (Å²) in [6, 6.07) is 17.2. The first-order valence-electron chi connectivity index (χ1n) is 8.95. The maximum Gasteiger partial charge on any atom is 0.273 e. The van der Waals surface area contributed by atoms with Crippen LogP contribution >= 0.6 is 0 Å². The molecule has 0 unspecified atom stereocenters. The Balaban J connectivity index is 1.40. The Bertz CT molecular complexity index is 1110. The Morgan fingerprint density at radius 2 is 1.86 bits per heavy atom. The van der Waals surface area contributed by atoms with Crippen LogP contribution in [0.3, 0.4) is 0 Å². The highest BCUT2D eigenvalue weighted by Gasteiger charge is 2.17. The van der Waals surface area contributed by atoms with Gasteiger partial charge in [0.15, 0.2) is 5.69 Å². The maximum atomic E-state index is 12.6. The summed E-state index contributed by atoms with van der Waals surface area (Å²) in [5.74, 6) is -0.642. The molecule has 0 atom stereocenters. The summed E-state index contributed by atoms with van der Waals surface area (Å²) in [4.78, 5) is 28.1. The van der Waals surface area contributed by atoms with Crippen molar-refractivity contribution in [1.82, 2.24) is 20.5 Å². The number of carbonyl (C=O) groups excluding carboxylic acids is 2. The lowest BCUT2D eigenvalue weighted by molar-refractivity contribution is 0.0950. The summed E-state index contributed by atoms with van der Waals surface area (Å²) in [5, 5.41) is 13.1. The number of H-pyrrole nitrogens is 2. The van der Waals surface area contributed by atoms with E-state index in [0.717, 1.165) is 22.9 Å². The van der Waals surface area contributed by atoms with Crippen LogP contribution in [-0.4, -0.2) is 33.5 Å². The van der Waals surface area contributed by atoms with Crippen molar-refractivity contribution in [2.45, 2.75) is 6.42 Å². The molecule has 7 nitrogen and oxygen atoms in total. The van der Waals surface area contributed by atoms with Crippen molar-refractivity contribution in [2.24, 2.45) is 0 Å². The van der Waals surface area contributed by atoms with Crippen molar-refractivity contribution >= 4 is 28.4 Å². The minimum atomic E-state index is -0.339. The number of fused-ring (bicyclic) bond motifs is 1. The molecule has 28 heavy (non-hydrogen) atoms. The molecule has 0 spiro atoms. The van der Waals surface area contributed by atoms with E-state index in [4.69, 9.17) is 0 Å². The molecule has 2 heterocycles. The molecule has 2 aromatic carbocycles. The van der Waals surface area contributed by atoms with Gasteiger partial charge in [0.1, 0.15) is 0 Å². The Morgan fingerprint density at radius 3 is 2.71 bits per heavy atom. The summed E-state index contributed by atoms with van der Waals surface area (Å²) in [6.45, 7) is 0.479. The standard InChI is InChI=1S/C21H19N5O2/c27-20(16-6-7-17-15(12-16)9-11-22-17)25-18-13-24-26-19(18)21(28)23-10-8-14-4-2-1-3-5-14/h1-7,9,11-13,22H,8,10H2,(H,23,28)(H,24,26)(H,25,27). The topological polar surface area (TPSA) is 103 Å². The Labute approximate surface area is 161 Å². The molecule has 0 aliphatic rings. The molecule has 0 saturated heterocycles. The molecule has 4 N–H and O–H groups in total. The third kappa shape index (κ3) is 3.78. The Kier molecular flexibility index (Phi) is 4.88. The lowest BCUT2D eigenvalue weighted by atomic mass is 10.1. The summed E-state index contributed by atoms with van der Waals surface area (Å²) >= 11 is 0. The predicted molar refractivity (Wildman–Crippen MR) is 107 cm³/mol. The average molecular weight is 373 g/mol. The van der Waals surface area contributed by atoms with E-state index < -0.39 is 0 Å². The van der Waals surface area contributed by atoms with Crippen molar-refractivity contribution in [2.75, 3.05) is 11.9 Å². The second kappa shape index (κ2) is 7.79. The van der Waals surface area contributed by atoms with Crippen LogP contribution in [0.2, 0.25) is 0 Å². The van der Waals surface area contributed by atoms with Gasteiger partial charge in [-0.2, -0.15) is 5.10 Å². The smallest absolute Gasteiger partial charge is 0.273 e. The number of rotatable bonds is 6. The van der Waals surface area contributed by atoms with Gasteiger partial charge >= 0.3 is 0 Å². The van der Waals surface area contributed by atoms with E-state index in [1.807, 2.05) is 48.7 Å². The van der Waals surface area contributed by atoms with Gasteiger partial charge in [0.05, 0.1) is 5.69 Å². The van der Waals surface area contributed by atoms with Crippen LogP contribution in [0.5, 0.6) is 0 Å². The highest BCUT2D eigenvalue weighted by Crippen LogP contribution is 2.17. The number of aromatic amines is 2.